The van der Waals surface area contributed by atoms with Crippen LogP contribution in [0.2, 0.25) is 0 Å². The number of hydrogen-bond acceptors (Lipinski definition) is 6. The number of nitrogens with zero attached hydrogens (tertiary/aromatic N) is 1. The molecule has 0 saturated carbocycles. The summed E-state index contributed by atoms with van der Waals surface area (Å²) in [7, 11) is 0. The predicted octanol–water partition coefficient (Wildman–Crippen LogP) is 3.74. The van der Waals surface area contributed by atoms with E-state index in [1.165, 1.54) is 25.1 Å². The molecule has 0 saturated heterocycles. The first kappa shape index (κ1) is 23.1. The van der Waals surface area contributed by atoms with Crippen molar-refractivity contribution in [3.05, 3.63) is 66.9 Å². The maximum atomic E-state index is 11.3. The maximum Gasteiger partial charge on any atom is 0.352 e. The number of carboxylic acid groups (broad SMARTS) is 1. The van der Waals surface area contributed by atoms with Crippen molar-refractivity contribution in [3.63, 3.8) is 0 Å². The number of halogens is 1. The normalized spacial score (nSPS) is 11.0. The van der Waals surface area contributed by atoms with Crippen LogP contribution in [0, 0.1) is 13.7 Å². The van der Waals surface area contributed by atoms with E-state index in [1.54, 1.807) is 31.2 Å². The molecule has 10 heteroatoms. The first-order chi connectivity index (χ1) is 14.2. The molecule has 0 aliphatic carbocycles. The van der Waals surface area contributed by atoms with Gasteiger partial charge in [-0.15, -0.1) is 0 Å². The van der Waals surface area contributed by atoms with E-state index in [0.717, 1.165) is 0 Å². The summed E-state index contributed by atoms with van der Waals surface area (Å²) in [5.74, 6) is -0.962. The zero-order valence-corrected chi connectivity index (χ0v) is 18.3. The molecule has 9 nitrogen and oxygen atoms in total. The number of rotatable bonds is 9. The Balaban J connectivity index is 2.34. The third kappa shape index (κ3) is 6.44. The smallest absolute Gasteiger partial charge is 0.352 e. The van der Waals surface area contributed by atoms with Gasteiger partial charge in [0.15, 0.2) is 11.5 Å². The van der Waals surface area contributed by atoms with E-state index in [2.05, 4.69) is 5.32 Å². The topological polar surface area (TPSA) is 128 Å². The second-order valence-electron chi connectivity index (χ2n) is 6.02. The number of carbonyl (C=O) groups excluding carboxylic acids is 1. The van der Waals surface area contributed by atoms with Gasteiger partial charge in [-0.1, -0.05) is 12.1 Å². The highest BCUT2D eigenvalue weighted by molar-refractivity contribution is 14.1. The summed E-state index contributed by atoms with van der Waals surface area (Å²) in [5, 5.41) is 22.5. The number of nitro benzene ring substituents is 1. The Morgan fingerprint density at radius 1 is 1.27 bits per heavy atom. The highest BCUT2D eigenvalue weighted by Gasteiger charge is 2.15. The monoisotopic (exact) mass is 526 g/mol. The molecule has 0 bridgehead atoms. The molecular weight excluding hydrogens is 507 g/mol. The minimum absolute atomic E-state index is 0.0320. The van der Waals surface area contributed by atoms with Crippen LogP contribution >= 0.6 is 22.6 Å². The standard InChI is InChI=1S/C20H19IN2O7/c1-3-29-18-10-14(9-17(20(25)26)22-12(2)24)8-16(21)19(18)30-11-13-5-4-6-15(7-13)23(27)28/h4-10H,3,11H2,1-2H3,(H,22,24)(H,25,26). The number of nitrogens with one attached hydrogen (secondary N) is 1. The number of benzene rings is 2. The SMILES string of the molecule is CCOc1cc(C=C(NC(C)=O)C(=O)O)cc(I)c1OCc1cccc([N+](=O)[O-])c1. The quantitative estimate of drug-likeness (QED) is 0.221. The van der Waals surface area contributed by atoms with Gasteiger partial charge in [0, 0.05) is 19.1 Å². The van der Waals surface area contributed by atoms with Gasteiger partial charge in [0.2, 0.25) is 5.91 Å². The molecule has 158 valence electrons. The van der Waals surface area contributed by atoms with Crippen molar-refractivity contribution in [2.24, 2.45) is 0 Å². The van der Waals surface area contributed by atoms with Gasteiger partial charge in [-0.2, -0.15) is 0 Å². The minimum Gasteiger partial charge on any atom is -0.490 e. The van der Waals surface area contributed by atoms with E-state index in [-0.39, 0.29) is 18.0 Å². The number of hydrogen-bond donors (Lipinski definition) is 2. The van der Waals surface area contributed by atoms with Crippen LogP contribution in [0.25, 0.3) is 6.08 Å². The zero-order valence-electron chi connectivity index (χ0n) is 16.2. The van der Waals surface area contributed by atoms with Crippen LogP contribution in [0.3, 0.4) is 0 Å². The highest BCUT2D eigenvalue weighted by atomic mass is 127. The van der Waals surface area contributed by atoms with Gasteiger partial charge in [-0.05, 0) is 58.9 Å². The molecule has 2 aromatic rings. The van der Waals surface area contributed by atoms with Crippen molar-refractivity contribution in [1.29, 1.82) is 0 Å². The molecule has 0 atom stereocenters. The fourth-order valence-corrected chi connectivity index (χ4v) is 3.28. The zero-order chi connectivity index (χ0) is 22.3. The molecule has 0 aliphatic rings. The number of amides is 1. The summed E-state index contributed by atoms with van der Waals surface area (Å²) in [4.78, 5) is 33.0. The Morgan fingerprint density at radius 2 is 2.00 bits per heavy atom. The molecule has 0 radical (unpaired) electrons. The fraction of sp³-hybridized carbons (Fsp3) is 0.200. The number of carbonyl (C=O) groups is 2. The lowest BCUT2D eigenvalue weighted by Crippen LogP contribution is -2.24. The number of ether oxygens (including phenoxy) is 2. The molecule has 30 heavy (non-hydrogen) atoms. The molecule has 0 spiro atoms. The van der Waals surface area contributed by atoms with Gasteiger partial charge in [0.1, 0.15) is 12.3 Å². The Kier molecular flexibility index (Phi) is 8.16. The largest absolute Gasteiger partial charge is 0.490 e. The van der Waals surface area contributed by atoms with Crippen LogP contribution in [0.5, 0.6) is 11.5 Å². The Hall–Kier alpha value is -3.15. The van der Waals surface area contributed by atoms with Crippen molar-refractivity contribution >= 4 is 46.2 Å². The molecular formula is C20H19IN2O7. The predicted molar refractivity (Wildman–Crippen MR) is 117 cm³/mol. The third-order valence-electron chi connectivity index (χ3n) is 3.69. The number of carboxylic acids is 1. The van der Waals surface area contributed by atoms with E-state index in [9.17, 15) is 24.8 Å². The van der Waals surface area contributed by atoms with Crippen molar-refractivity contribution in [3.8, 4) is 11.5 Å². The van der Waals surface area contributed by atoms with Crippen LogP contribution in [0.15, 0.2) is 42.1 Å². The van der Waals surface area contributed by atoms with Gasteiger partial charge in [-0.3, -0.25) is 14.9 Å². The van der Waals surface area contributed by atoms with Crippen LogP contribution in [0.4, 0.5) is 5.69 Å². The summed E-state index contributed by atoms with van der Waals surface area (Å²) in [5.41, 5.74) is 0.809. The number of nitro groups is 1. The molecule has 0 aromatic heterocycles. The van der Waals surface area contributed by atoms with Crippen LogP contribution in [-0.2, 0) is 16.2 Å². The summed E-state index contributed by atoms with van der Waals surface area (Å²) in [6.45, 7) is 3.43. The van der Waals surface area contributed by atoms with Crippen LogP contribution < -0.4 is 14.8 Å². The van der Waals surface area contributed by atoms with E-state index < -0.39 is 16.8 Å². The maximum absolute atomic E-state index is 11.3. The van der Waals surface area contributed by atoms with Gasteiger partial charge in [0.25, 0.3) is 5.69 Å². The van der Waals surface area contributed by atoms with Crippen molar-refractivity contribution in [2.75, 3.05) is 6.61 Å². The second-order valence-corrected chi connectivity index (χ2v) is 7.19. The molecule has 2 N–H and O–H groups in total. The van der Waals surface area contributed by atoms with Gasteiger partial charge in [0.05, 0.1) is 15.1 Å². The van der Waals surface area contributed by atoms with Crippen LogP contribution in [-0.4, -0.2) is 28.5 Å². The lowest BCUT2D eigenvalue weighted by atomic mass is 10.1. The fourth-order valence-electron chi connectivity index (χ4n) is 2.50. The summed E-state index contributed by atoms with van der Waals surface area (Å²) in [6.07, 6.45) is 1.32. The minimum atomic E-state index is -1.27. The average molecular weight is 526 g/mol. The lowest BCUT2D eigenvalue weighted by molar-refractivity contribution is -0.384. The Morgan fingerprint density at radius 3 is 2.60 bits per heavy atom. The average Bonchev–Trinajstić information content (AvgIpc) is 2.67. The van der Waals surface area contributed by atoms with E-state index in [0.29, 0.717) is 32.8 Å². The molecule has 2 rings (SSSR count). The molecule has 1 amide bonds. The van der Waals surface area contributed by atoms with Crippen molar-refractivity contribution < 1.29 is 29.1 Å². The molecule has 0 fully saturated rings. The molecule has 2 aromatic carbocycles. The molecule has 0 aliphatic heterocycles. The summed E-state index contributed by atoms with van der Waals surface area (Å²) >= 11 is 2.02. The third-order valence-corrected chi connectivity index (χ3v) is 4.49. The van der Waals surface area contributed by atoms with Gasteiger partial charge >= 0.3 is 5.97 Å². The molecule has 0 unspecified atom stereocenters. The first-order valence-corrected chi connectivity index (χ1v) is 9.84. The Labute approximate surface area is 186 Å². The van der Waals surface area contributed by atoms with Crippen molar-refractivity contribution in [1.82, 2.24) is 5.32 Å². The lowest BCUT2D eigenvalue weighted by Gasteiger charge is -2.15. The van der Waals surface area contributed by atoms with E-state index >= 15 is 0 Å². The summed E-state index contributed by atoms with van der Waals surface area (Å²) in [6, 6.07) is 9.39. The van der Waals surface area contributed by atoms with Gasteiger partial charge < -0.3 is 19.9 Å². The van der Waals surface area contributed by atoms with Gasteiger partial charge in [-0.25, -0.2) is 4.79 Å². The highest BCUT2D eigenvalue weighted by Crippen LogP contribution is 2.35. The Bertz CT molecular complexity index is 1000. The number of non-ortho nitro benzene ring substituents is 1. The molecule has 0 heterocycles. The number of aliphatic carboxylic acids is 1. The first-order valence-electron chi connectivity index (χ1n) is 8.76. The van der Waals surface area contributed by atoms with E-state index in [1.807, 2.05) is 22.6 Å². The van der Waals surface area contributed by atoms with E-state index in [4.69, 9.17) is 9.47 Å². The summed E-state index contributed by atoms with van der Waals surface area (Å²) < 4.78 is 12.1. The van der Waals surface area contributed by atoms with Crippen LogP contribution in [0.1, 0.15) is 25.0 Å². The van der Waals surface area contributed by atoms with Crippen molar-refractivity contribution in [2.45, 2.75) is 20.5 Å². The second kappa shape index (κ2) is 10.6.